The van der Waals surface area contributed by atoms with Crippen molar-refractivity contribution in [2.45, 2.75) is 59.7 Å². The minimum Gasteiger partial charge on any atom is -0.310 e. The van der Waals surface area contributed by atoms with Crippen LogP contribution in [0.3, 0.4) is 0 Å². The van der Waals surface area contributed by atoms with Crippen molar-refractivity contribution >= 4 is 34.1 Å². The van der Waals surface area contributed by atoms with Crippen molar-refractivity contribution in [3.05, 3.63) is 584 Å². The largest absolute Gasteiger partial charge is 0.310 e. The van der Waals surface area contributed by atoms with Gasteiger partial charge >= 0.3 is 0 Å². The highest BCUT2D eigenvalue weighted by Gasteiger charge is 2.62. The van der Waals surface area contributed by atoms with Crippen LogP contribution in [-0.4, -0.2) is 0 Å². The van der Waals surface area contributed by atoms with Gasteiger partial charge in [-0.05, 0) is 280 Å². The average Bonchev–Trinajstić information content (AvgIpc) is 1.46. The molecule has 8 aliphatic carbocycles. The molecular formula is C130H88N2. The van der Waals surface area contributed by atoms with E-state index in [0.717, 1.165) is 51.7 Å². The summed E-state index contributed by atoms with van der Waals surface area (Å²) >= 11 is 0. The summed E-state index contributed by atoms with van der Waals surface area (Å²) in [4.78, 5) is 4.95. The summed E-state index contributed by atoms with van der Waals surface area (Å²) in [6.45, 7) is 7.28. The van der Waals surface area contributed by atoms with E-state index in [1.165, 1.54) is 195 Å². The number of rotatable bonds is 10. The number of hydrogen-bond acceptors (Lipinski definition) is 2. The van der Waals surface area contributed by atoms with Gasteiger partial charge in [-0.1, -0.05) is 415 Å². The van der Waals surface area contributed by atoms with E-state index in [2.05, 4.69) is 498 Å². The van der Waals surface area contributed by atoms with Crippen molar-refractivity contribution in [2.24, 2.45) is 0 Å². The Bertz CT molecular complexity index is 8180. The van der Waals surface area contributed by atoms with Gasteiger partial charge in [-0.25, -0.2) is 0 Å². The molecule has 8 aliphatic rings. The van der Waals surface area contributed by atoms with Crippen LogP contribution in [0, 0.1) is 0 Å². The lowest BCUT2D eigenvalue weighted by Crippen LogP contribution is -2.44. The molecule has 0 bridgehead atoms. The van der Waals surface area contributed by atoms with E-state index in [1.807, 2.05) is 0 Å². The summed E-state index contributed by atoms with van der Waals surface area (Å²) in [5.41, 5.74) is 51.8. The first-order chi connectivity index (χ1) is 65.1. The second kappa shape index (κ2) is 27.5. The molecular weight excluding hydrogens is 1590 g/mol. The van der Waals surface area contributed by atoms with E-state index >= 15 is 0 Å². The second-order valence-electron chi connectivity index (χ2n) is 38.3. The van der Waals surface area contributed by atoms with Gasteiger partial charge < -0.3 is 9.80 Å². The Labute approximate surface area is 771 Å². The van der Waals surface area contributed by atoms with Gasteiger partial charge in [0.25, 0.3) is 0 Å². The predicted molar refractivity (Wildman–Crippen MR) is 543 cm³/mol. The third-order valence-electron chi connectivity index (χ3n) is 32.1. The molecule has 0 saturated carbocycles. The summed E-state index contributed by atoms with van der Waals surface area (Å²) in [5.74, 6) is 0. The van der Waals surface area contributed by atoms with E-state index < -0.39 is 27.1 Å². The number of anilines is 6. The van der Waals surface area contributed by atoms with Crippen LogP contribution in [0.1, 0.15) is 138 Å². The van der Waals surface area contributed by atoms with Crippen molar-refractivity contribution in [1.82, 2.24) is 0 Å². The molecule has 1 atom stereocenters. The first-order valence-corrected chi connectivity index (χ1v) is 46.8. The van der Waals surface area contributed by atoms with Crippen LogP contribution in [0.5, 0.6) is 0 Å². The van der Waals surface area contributed by atoms with E-state index in [0.29, 0.717) is 0 Å². The standard InChI is InChI=1S/C130H88N2/c1-125(2)103-51-18-10-42-92(103)98-75-73-89(80-121(98)125)131(85-37-6-4-7-38-85)87-71-68-82(69-72-87)91-49-35-50-99-95-45-14-23-56-109(95)130(124(91)99)118-64-31-29-62-116(118)129(117-63-30-32-65-119(117)130)110-57-24-16-48-100(110)123-84(36-34-66-120(123)129)81-126(3)104-52-19-11-46-96(104)102-79-88(74-77-105(102)126)132(86-39-8-5-9-40-86)122-67-33-17-41-90(122)83-70-76-111-101(78-83)97-47-15-22-55-108(97)128(111)114-60-27-25-58-112(114)127(113-59-26-28-61-115(113)128)106-53-20-12-43-93(106)94-44-13-21-54-107(94)127/h4-80H,81H2,1-3H3. The van der Waals surface area contributed by atoms with Crippen molar-refractivity contribution in [2.75, 3.05) is 9.80 Å². The highest BCUT2D eigenvalue weighted by Crippen LogP contribution is 2.72. The smallest absolute Gasteiger partial charge is 0.0726 e. The van der Waals surface area contributed by atoms with E-state index in [9.17, 15) is 0 Å². The van der Waals surface area contributed by atoms with Gasteiger partial charge in [0.05, 0.1) is 27.3 Å². The fraction of sp³-hybridized carbons (Fsp3) is 0.0769. The third-order valence-corrected chi connectivity index (χ3v) is 32.1. The number of benzene rings is 20. The van der Waals surface area contributed by atoms with Crippen molar-refractivity contribution in [3.8, 4) is 89.0 Å². The first-order valence-electron chi connectivity index (χ1n) is 46.8. The molecule has 2 nitrogen and oxygen atoms in total. The molecule has 0 fully saturated rings. The number of fused-ring (bicyclic) bond motifs is 38. The lowest BCUT2D eigenvalue weighted by atomic mass is 9.52. The van der Waals surface area contributed by atoms with Crippen molar-refractivity contribution in [1.29, 1.82) is 0 Å². The van der Waals surface area contributed by atoms with Crippen LogP contribution in [0.4, 0.5) is 34.1 Å². The maximum atomic E-state index is 2.53. The summed E-state index contributed by atoms with van der Waals surface area (Å²) in [5, 5.41) is 0. The van der Waals surface area contributed by atoms with E-state index in [-0.39, 0.29) is 5.41 Å². The molecule has 0 aromatic heterocycles. The van der Waals surface area contributed by atoms with E-state index in [1.54, 1.807) is 0 Å². The summed E-state index contributed by atoms with van der Waals surface area (Å²) in [6.07, 6.45) is 0.775. The molecule has 618 valence electrons. The van der Waals surface area contributed by atoms with Gasteiger partial charge in [0.1, 0.15) is 0 Å². The summed E-state index contributed by atoms with van der Waals surface area (Å²) in [7, 11) is 0. The lowest BCUT2D eigenvalue weighted by Gasteiger charge is -2.49. The summed E-state index contributed by atoms with van der Waals surface area (Å²) in [6, 6.07) is 180. The number of para-hydroxylation sites is 3. The van der Waals surface area contributed by atoms with Crippen LogP contribution >= 0.6 is 0 Å². The molecule has 0 saturated heterocycles. The van der Waals surface area contributed by atoms with Gasteiger partial charge in [0.15, 0.2) is 0 Å². The first kappa shape index (κ1) is 75.0. The number of hydrogen-bond donors (Lipinski definition) is 0. The molecule has 0 N–H and O–H groups in total. The highest BCUT2D eigenvalue weighted by atomic mass is 15.1. The number of nitrogens with zero attached hydrogens (tertiary/aromatic N) is 2. The molecule has 0 aliphatic heterocycles. The Kier molecular flexibility index (Phi) is 15.6. The van der Waals surface area contributed by atoms with Gasteiger partial charge in [-0.3, -0.25) is 0 Å². The monoisotopic (exact) mass is 1680 g/mol. The SMILES string of the molecule is CC1(C)c2ccccc2-c2ccc(N(c3ccccc3)c3ccc(-c4cccc5c4C4(c6ccccc6-5)c5ccccc5C5(c6ccccc6-c6c(CC7(C)c8ccccc8-c8cc(N(c9ccccc9)c9ccccc9-c9ccc%10c(c9)-c9ccccc9C%109c%10ccccc%10C%10(c%11ccccc%11-c%11ccccc%11%10)c%10ccccc%109)ccc87)cccc65)c5ccccc54)cc3)cc21. The minimum atomic E-state index is -0.708. The minimum absolute atomic E-state index is 0.148. The van der Waals surface area contributed by atoms with Gasteiger partial charge in [-0.15, -0.1) is 0 Å². The fourth-order valence-corrected chi connectivity index (χ4v) is 27.1. The molecule has 1 unspecified atom stereocenters. The van der Waals surface area contributed by atoms with Gasteiger partial charge in [0.2, 0.25) is 0 Å². The Morgan fingerprint density at radius 3 is 1.05 bits per heavy atom. The normalized spacial score (nSPS) is 16.1. The average molecular weight is 1680 g/mol. The van der Waals surface area contributed by atoms with Crippen molar-refractivity contribution in [3.63, 3.8) is 0 Å². The van der Waals surface area contributed by atoms with E-state index in [4.69, 9.17) is 0 Å². The molecule has 20 aromatic rings. The molecule has 0 radical (unpaired) electrons. The van der Waals surface area contributed by atoms with Crippen LogP contribution in [0.15, 0.2) is 467 Å². The Morgan fingerprint density at radius 2 is 0.492 bits per heavy atom. The van der Waals surface area contributed by atoms with Crippen molar-refractivity contribution < 1.29 is 0 Å². The molecule has 0 heterocycles. The molecule has 2 heteroatoms. The Balaban J connectivity index is 0.560. The predicted octanol–water partition coefficient (Wildman–Crippen LogP) is 31.9. The van der Waals surface area contributed by atoms with Crippen LogP contribution in [0.2, 0.25) is 0 Å². The Morgan fingerprint density at radius 1 is 0.174 bits per heavy atom. The second-order valence-corrected chi connectivity index (χ2v) is 38.3. The van der Waals surface area contributed by atoms with Crippen LogP contribution in [-0.2, 0) is 38.9 Å². The van der Waals surface area contributed by atoms with Gasteiger partial charge in [-0.2, -0.15) is 0 Å². The topological polar surface area (TPSA) is 6.48 Å². The zero-order valence-corrected chi connectivity index (χ0v) is 73.6. The lowest BCUT2D eigenvalue weighted by molar-refractivity contribution is 0.583. The highest BCUT2D eigenvalue weighted by molar-refractivity contribution is 6.02. The maximum absolute atomic E-state index is 2.53. The molecule has 20 aromatic carbocycles. The molecule has 132 heavy (non-hydrogen) atoms. The quantitative estimate of drug-likeness (QED) is 0.135. The third kappa shape index (κ3) is 9.57. The van der Waals surface area contributed by atoms with Gasteiger partial charge in [0, 0.05) is 44.8 Å². The molecule has 28 rings (SSSR count). The fourth-order valence-electron chi connectivity index (χ4n) is 27.1. The summed E-state index contributed by atoms with van der Waals surface area (Å²) < 4.78 is 0. The zero-order valence-electron chi connectivity index (χ0n) is 73.6. The molecule has 0 amide bonds. The van der Waals surface area contributed by atoms with Crippen LogP contribution in [0.25, 0.3) is 89.0 Å². The van der Waals surface area contributed by atoms with Crippen LogP contribution < -0.4 is 9.80 Å². The maximum Gasteiger partial charge on any atom is 0.0726 e. The zero-order chi connectivity index (χ0) is 87.1. The Hall–Kier alpha value is -16.0. The molecule has 4 spiro atoms.